The monoisotopic (exact) mass is 299 g/mol. The zero-order valence-corrected chi connectivity index (χ0v) is 12.3. The first-order chi connectivity index (χ1) is 10.1. The van der Waals surface area contributed by atoms with E-state index in [0.717, 1.165) is 16.6 Å². The van der Waals surface area contributed by atoms with Crippen molar-refractivity contribution in [3.8, 4) is 0 Å². The topological polar surface area (TPSA) is 60.9 Å². The highest BCUT2D eigenvalue weighted by atomic mass is 35.5. The Labute approximate surface area is 126 Å². The summed E-state index contributed by atoms with van der Waals surface area (Å²) >= 11 is 6.02. The van der Waals surface area contributed by atoms with E-state index in [1.165, 1.54) is 0 Å². The van der Waals surface area contributed by atoms with Crippen molar-refractivity contribution in [2.24, 2.45) is 0 Å². The van der Waals surface area contributed by atoms with E-state index in [9.17, 15) is 4.79 Å². The van der Waals surface area contributed by atoms with Crippen molar-refractivity contribution < 1.29 is 0 Å². The summed E-state index contributed by atoms with van der Waals surface area (Å²) in [4.78, 5) is 16.7. The van der Waals surface area contributed by atoms with Crippen LogP contribution in [0.5, 0.6) is 0 Å². The van der Waals surface area contributed by atoms with Gasteiger partial charge in [0.2, 0.25) is 0 Å². The van der Waals surface area contributed by atoms with Gasteiger partial charge in [-0.2, -0.15) is 0 Å². The van der Waals surface area contributed by atoms with Crippen LogP contribution in [0.1, 0.15) is 11.3 Å². The first-order valence-electron chi connectivity index (χ1n) is 6.56. The van der Waals surface area contributed by atoms with E-state index in [-0.39, 0.29) is 5.56 Å². The van der Waals surface area contributed by atoms with Gasteiger partial charge in [-0.05, 0) is 42.8 Å². The molecule has 0 aliphatic rings. The fourth-order valence-electron chi connectivity index (χ4n) is 2.36. The molecule has 0 atom stereocenters. The molecule has 0 saturated carbocycles. The van der Waals surface area contributed by atoms with Gasteiger partial charge in [-0.3, -0.25) is 4.79 Å². The third kappa shape index (κ3) is 2.50. The highest BCUT2D eigenvalue weighted by Gasteiger charge is 2.10. The van der Waals surface area contributed by atoms with E-state index >= 15 is 0 Å². The molecule has 0 fully saturated rings. The first kappa shape index (κ1) is 13.6. The van der Waals surface area contributed by atoms with Gasteiger partial charge >= 0.3 is 0 Å². The Kier molecular flexibility index (Phi) is 3.39. The Morgan fingerprint density at radius 2 is 2.00 bits per heavy atom. The number of fused-ring (bicyclic) bond motifs is 1. The molecule has 1 heterocycles. The zero-order valence-electron chi connectivity index (χ0n) is 11.5. The SMILES string of the molecule is Cc1nc2ccccc2n(Cc2cc(Cl)ccc2N)c1=O. The molecule has 0 saturated heterocycles. The fraction of sp³-hybridized carbons (Fsp3) is 0.125. The van der Waals surface area contributed by atoms with Crippen LogP contribution in [0.15, 0.2) is 47.3 Å². The normalized spacial score (nSPS) is 11.0. The minimum atomic E-state index is -0.118. The lowest BCUT2D eigenvalue weighted by molar-refractivity contribution is 0.778. The maximum absolute atomic E-state index is 12.4. The van der Waals surface area contributed by atoms with Gasteiger partial charge in [-0.15, -0.1) is 0 Å². The van der Waals surface area contributed by atoms with Gasteiger partial charge in [0.15, 0.2) is 0 Å². The molecule has 21 heavy (non-hydrogen) atoms. The van der Waals surface area contributed by atoms with Gasteiger partial charge in [0.05, 0.1) is 17.6 Å². The molecule has 1 aromatic heterocycles. The van der Waals surface area contributed by atoms with E-state index in [2.05, 4.69) is 4.98 Å². The van der Waals surface area contributed by atoms with E-state index in [4.69, 9.17) is 17.3 Å². The molecule has 3 rings (SSSR count). The van der Waals surface area contributed by atoms with Gasteiger partial charge in [0.1, 0.15) is 5.69 Å². The van der Waals surface area contributed by atoms with Crippen molar-refractivity contribution in [3.63, 3.8) is 0 Å². The molecule has 0 aliphatic heterocycles. The van der Waals surface area contributed by atoms with Crippen molar-refractivity contribution in [2.45, 2.75) is 13.5 Å². The lowest BCUT2D eigenvalue weighted by Crippen LogP contribution is -2.25. The molecule has 0 radical (unpaired) electrons. The highest BCUT2D eigenvalue weighted by molar-refractivity contribution is 6.30. The van der Waals surface area contributed by atoms with Crippen LogP contribution in [0.2, 0.25) is 5.02 Å². The minimum Gasteiger partial charge on any atom is -0.398 e. The van der Waals surface area contributed by atoms with Gasteiger partial charge in [0, 0.05) is 10.7 Å². The zero-order chi connectivity index (χ0) is 15.0. The summed E-state index contributed by atoms with van der Waals surface area (Å²) < 4.78 is 1.68. The standard InChI is InChI=1S/C16H14ClN3O/c1-10-16(21)20(15-5-3-2-4-14(15)19-10)9-11-8-12(17)6-7-13(11)18/h2-8H,9,18H2,1H3. The van der Waals surface area contributed by atoms with Crippen molar-refractivity contribution in [2.75, 3.05) is 5.73 Å². The number of benzene rings is 2. The second kappa shape index (κ2) is 5.22. The highest BCUT2D eigenvalue weighted by Crippen LogP contribution is 2.20. The Balaban J connectivity index is 2.22. The second-order valence-corrected chi connectivity index (χ2v) is 5.36. The van der Waals surface area contributed by atoms with Gasteiger partial charge in [-0.1, -0.05) is 23.7 Å². The maximum atomic E-state index is 12.4. The van der Waals surface area contributed by atoms with Crippen LogP contribution in [0.25, 0.3) is 11.0 Å². The molecule has 0 aliphatic carbocycles. The number of nitrogens with two attached hydrogens (primary N) is 1. The van der Waals surface area contributed by atoms with Crippen LogP contribution in [-0.2, 0) is 6.54 Å². The molecule has 0 unspecified atom stereocenters. The van der Waals surface area contributed by atoms with E-state index in [1.807, 2.05) is 24.3 Å². The van der Waals surface area contributed by atoms with Crippen LogP contribution in [0.4, 0.5) is 5.69 Å². The van der Waals surface area contributed by atoms with Crippen molar-refractivity contribution in [1.82, 2.24) is 9.55 Å². The summed E-state index contributed by atoms with van der Waals surface area (Å²) in [7, 11) is 0. The number of para-hydroxylation sites is 2. The van der Waals surface area contributed by atoms with Gasteiger partial charge in [0.25, 0.3) is 5.56 Å². The second-order valence-electron chi connectivity index (χ2n) is 4.92. The minimum absolute atomic E-state index is 0.118. The predicted molar refractivity (Wildman–Crippen MR) is 85.7 cm³/mol. The summed E-state index contributed by atoms with van der Waals surface area (Å²) in [6, 6.07) is 12.8. The van der Waals surface area contributed by atoms with Crippen LogP contribution in [0, 0.1) is 6.92 Å². The van der Waals surface area contributed by atoms with Crippen LogP contribution in [-0.4, -0.2) is 9.55 Å². The Morgan fingerprint density at radius 1 is 1.24 bits per heavy atom. The molecule has 4 nitrogen and oxygen atoms in total. The summed E-state index contributed by atoms with van der Waals surface area (Å²) in [5.74, 6) is 0. The van der Waals surface area contributed by atoms with Gasteiger partial charge in [-0.25, -0.2) is 4.98 Å². The number of rotatable bonds is 2. The largest absolute Gasteiger partial charge is 0.398 e. The molecule has 2 N–H and O–H groups in total. The lowest BCUT2D eigenvalue weighted by atomic mass is 10.1. The quantitative estimate of drug-likeness (QED) is 0.740. The molecular weight excluding hydrogens is 286 g/mol. The number of hydrogen-bond acceptors (Lipinski definition) is 3. The summed E-state index contributed by atoms with van der Waals surface area (Å²) in [6.45, 7) is 2.09. The molecule has 5 heteroatoms. The van der Waals surface area contributed by atoms with Crippen LogP contribution in [0.3, 0.4) is 0 Å². The van der Waals surface area contributed by atoms with E-state index in [0.29, 0.717) is 22.9 Å². The van der Waals surface area contributed by atoms with E-state index < -0.39 is 0 Å². The average Bonchev–Trinajstić information content (AvgIpc) is 2.47. The number of anilines is 1. The smallest absolute Gasteiger partial charge is 0.272 e. The molecular formula is C16H14ClN3O. The fourth-order valence-corrected chi connectivity index (χ4v) is 2.55. The summed E-state index contributed by atoms with van der Waals surface area (Å²) in [5.41, 5.74) is 9.34. The lowest BCUT2D eigenvalue weighted by Gasteiger charge is -2.13. The Bertz CT molecular complexity index is 886. The number of hydrogen-bond donors (Lipinski definition) is 1. The number of nitrogens with zero attached hydrogens (tertiary/aromatic N) is 2. The Morgan fingerprint density at radius 3 is 2.81 bits per heavy atom. The molecule has 0 amide bonds. The number of aryl methyl sites for hydroxylation is 1. The van der Waals surface area contributed by atoms with Crippen LogP contribution < -0.4 is 11.3 Å². The first-order valence-corrected chi connectivity index (χ1v) is 6.94. The maximum Gasteiger partial charge on any atom is 0.272 e. The number of halogens is 1. The van der Waals surface area contributed by atoms with Crippen LogP contribution >= 0.6 is 11.6 Å². The van der Waals surface area contributed by atoms with Crippen molar-refractivity contribution in [3.05, 3.63) is 69.1 Å². The molecule has 0 bridgehead atoms. The van der Waals surface area contributed by atoms with E-state index in [1.54, 1.807) is 29.7 Å². The average molecular weight is 300 g/mol. The molecule has 106 valence electrons. The molecule has 3 aromatic rings. The van der Waals surface area contributed by atoms with Crippen molar-refractivity contribution in [1.29, 1.82) is 0 Å². The third-order valence-electron chi connectivity index (χ3n) is 3.45. The van der Waals surface area contributed by atoms with Gasteiger partial charge < -0.3 is 10.3 Å². The number of nitrogen functional groups attached to an aromatic ring is 1. The number of aromatic nitrogens is 2. The summed E-state index contributed by atoms with van der Waals surface area (Å²) in [6.07, 6.45) is 0. The molecule has 2 aromatic carbocycles. The summed E-state index contributed by atoms with van der Waals surface area (Å²) in [5, 5.41) is 0.599. The third-order valence-corrected chi connectivity index (χ3v) is 3.68. The predicted octanol–water partition coefficient (Wildman–Crippen LogP) is 2.99. The molecule has 0 spiro atoms. The Hall–Kier alpha value is -2.33. The van der Waals surface area contributed by atoms with Crippen molar-refractivity contribution >= 4 is 28.3 Å².